The van der Waals surface area contributed by atoms with Crippen LogP contribution < -0.4 is 10.5 Å². The molecule has 1 aromatic heterocycles. The van der Waals surface area contributed by atoms with Crippen molar-refractivity contribution in [1.82, 2.24) is 4.90 Å². The molecule has 1 aliphatic rings. The number of rotatable bonds is 4. The van der Waals surface area contributed by atoms with E-state index in [0.717, 1.165) is 47.3 Å². The van der Waals surface area contributed by atoms with E-state index < -0.39 is 0 Å². The summed E-state index contributed by atoms with van der Waals surface area (Å²) in [7, 11) is 0. The molecule has 4 rings (SSSR count). The van der Waals surface area contributed by atoms with Gasteiger partial charge in [-0.15, -0.1) is 0 Å². The highest BCUT2D eigenvalue weighted by Gasteiger charge is 2.19. The Kier molecular flexibility index (Phi) is 5.29. The third-order valence-corrected chi connectivity index (χ3v) is 5.79. The maximum Gasteiger partial charge on any atom is 0.340 e. The van der Waals surface area contributed by atoms with Crippen LogP contribution in [0.2, 0.25) is 0 Å². The predicted octanol–water partition coefficient (Wildman–Crippen LogP) is 3.37. The SMILES string of the molecule is O=c1oc2ccccc2cc1CN1CCN(c2ccc(CO)c(Br)c2)CC1. The molecule has 2 aromatic carbocycles. The summed E-state index contributed by atoms with van der Waals surface area (Å²) in [4.78, 5) is 16.9. The normalized spacial score (nSPS) is 15.4. The molecule has 0 unspecified atom stereocenters. The summed E-state index contributed by atoms with van der Waals surface area (Å²) < 4.78 is 6.37. The fraction of sp³-hybridized carbons (Fsp3) is 0.286. The van der Waals surface area contributed by atoms with E-state index in [9.17, 15) is 9.90 Å². The van der Waals surface area contributed by atoms with Crippen LogP contribution in [0.1, 0.15) is 11.1 Å². The van der Waals surface area contributed by atoms with Crippen LogP contribution in [0.3, 0.4) is 0 Å². The Morgan fingerprint density at radius 1 is 1.00 bits per heavy atom. The average molecular weight is 429 g/mol. The lowest BCUT2D eigenvalue weighted by Gasteiger charge is -2.36. The first-order valence-corrected chi connectivity index (χ1v) is 9.82. The number of hydrogen-bond acceptors (Lipinski definition) is 5. The fourth-order valence-corrected chi connectivity index (χ4v) is 3.97. The molecule has 0 amide bonds. The topological polar surface area (TPSA) is 56.9 Å². The van der Waals surface area contributed by atoms with Crippen molar-refractivity contribution in [3.63, 3.8) is 0 Å². The average Bonchev–Trinajstić information content (AvgIpc) is 2.69. The molecular weight excluding hydrogens is 408 g/mol. The van der Waals surface area contributed by atoms with Crippen molar-refractivity contribution in [1.29, 1.82) is 0 Å². The minimum atomic E-state index is -0.250. The van der Waals surface area contributed by atoms with Gasteiger partial charge in [-0.2, -0.15) is 0 Å². The number of fused-ring (bicyclic) bond motifs is 1. The standard InChI is InChI=1S/C21H21BrN2O3/c22-19-12-18(6-5-16(19)14-25)24-9-7-23(8-10-24)13-17-11-15-3-1-2-4-20(15)27-21(17)26/h1-6,11-12,25H,7-10,13-14H2. The first kappa shape index (κ1) is 18.2. The number of aliphatic hydroxyl groups is 1. The molecule has 0 bridgehead atoms. The molecule has 27 heavy (non-hydrogen) atoms. The van der Waals surface area contributed by atoms with Crippen LogP contribution in [0.15, 0.2) is 62.2 Å². The number of aliphatic hydroxyl groups excluding tert-OH is 1. The lowest BCUT2D eigenvalue weighted by Crippen LogP contribution is -2.46. The van der Waals surface area contributed by atoms with Gasteiger partial charge in [0, 0.05) is 48.3 Å². The number of benzene rings is 2. The highest BCUT2D eigenvalue weighted by atomic mass is 79.9. The lowest BCUT2D eigenvalue weighted by molar-refractivity contribution is 0.247. The second kappa shape index (κ2) is 7.84. The molecule has 0 aliphatic carbocycles. The molecule has 0 spiro atoms. The van der Waals surface area contributed by atoms with Gasteiger partial charge in [-0.25, -0.2) is 4.79 Å². The van der Waals surface area contributed by atoms with Gasteiger partial charge >= 0.3 is 5.63 Å². The van der Waals surface area contributed by atoms with E-state index >= 15 is 0 Å². The molecule has 2 heterocycles. The van der Waals surface area contributed by atoms with Crippen molar-refractivity contribution >= 4 is 32.6 Å². The van der Waals surface area contributed by atoms with Gasteiger partial charge in [0.1, 0.15) is 5.58 Å². The van der Waals surface area contributed by atoms with Crippen molar-refractivity contribution in [2.75, 3.05) is 31.1 Å². The van der Waals surface area contributed by atoms with E-state index in [2.05, 4.69) is 31.8 Å². The predicted molar refractivity (Wildman–Crippen MR) is 110 cm³/mol. The maximum atomic E-state index is 12.3. The molecular formula is C21H21BrN2O3. The minimum Gasteiger partial charge on any atom is -0.422 e. The monoisotopic (exact) mass is 428 g/mol. The molecule has 1 fully saturated rings. The van der Waals surface area contributed by atoms with Crippen LogP contribution in [-0.2, 0) is 13.2 Å². The second-order valence-corrected chi connectivity index (χ2v) is 7.65. The Hall–Kier alpha value is -2.15. The van der Waals surface area contributed by atoms with E-state index in [-0.39, 0.29) is 12.2 Å². The van der Waals surface area contributed by atoms with Crippen LogP contribution in [0.5, 0.6) is 0 Å². The maximum absolute atomic E-state index is 12.3. The van der Waals surface area contributed by atoms with Gasteiger partial charge in [0.2, 0.25) is 0 Å². The zero-order valence-corrected chi connectivity index (χ0v) is 16.5. The molecule has 1 saturated heterocycles. The number of hydrogen-bond donors (Lipinski definition) is 1. The summed E-state index contributed by atoms with van der Waals surface area (Å²) in [6.45, 7) is 4.18. The summed E-state index contributed by atoms with van der Waals surface area (Å²) in [6, 6.07) is 15.6. The Morgan fingerprint density at radius 2 is 1.78 bits per heavy atom. The van der Waals surface area contributed by atoms with Crippen LogP contribution >= 0.6 is 15.9 Å². The minimum absolute atomic E-state index is 0.0307. The Bertz CT molecular complexity index is 1010. The van der Waals surface area contributed by atoms with Gasteiger partial charge in [0.25, 0.3) is 0 Å². The molecule has 5 nitrogen and oxygen atoms in total. The van der Waals surface area contributed by atoms with Crippen LogP contribution in [-0.4, -0.2) is 36.2 Å². The van der Waals surface area contributed by atoms with Gasteiger partial charge in [-0.05, 0) is 29.8 Å². The molecule has 1 N–H and O–H groups in total. The Labute approximate surface area is 166 Å². The lowest BCUT2D eigenvalue weighted by atomic mass is 10.1. The van der Waals surface area contributed by atoms with Gasteiger partial charge in [-0.1, -0.05) is 40.2 Å². The van der Waals surface area contributed by atoms with E-state index in [1.165, 1.54) is 0 Å². The molecule has 6 heteroatoms. The number of halogens is 1. The van der Waals surface area contributed by atoms with Crippen molar-refractivity contribution in [2.45, 2.75) is 13.2 Å². The number of para-hydroxylation sites is 1. The summed E-state index contributed by atoms with van der Waals surface area (Å²) in [5.74, 6) is 0. The number of nitrogens with zero attached hydrogens (tertiary/aromatic N) is 2. The summed E-state index contributed by atoms with van der Waals surface area (Å²) in [6.07, 6.45) is 0. The van der Waals surface area contributed by atoms with Gasteiger partial charge in [-0.3, -0.25) is 4.90 Å². The van der Waals surface area contributed by atoms with Crippen LogP contribution in [0, 0.1) is 0 Å². The van der Waals surface area contributed by atoms with Crippen molar-refractivity contribution in [3.05, 3.63) is 74.6 Å². The first-order valence-electron chi connectivity index (χ1n) is 9.02. The van der Waals surface area contributed by atoms with E-state index in [1.807, 2.05) is 42.5 Å². The second-order valence-electron chi connectivity index (χ2n) is 6.79. The van der Waals surface area contributed by atoms with Crippen LogP contribution in [0.25, 0.3) is 11.0 Å². The molecule has 0 radical (unpaired) electrons. The largest absolute Gasteiger partial charge is 0.422 e. The highest BCUT2D eigenvalue weighted by Crippen LogP contribution is 2.25. The smallest absolute Gasteiger partial charge is 0.340 e. The fourth-order valence-electron chi connectivity index (χ4n) is 3.48. The Balaban J connectivity index is 1.43. The van der Waals surface area contributed by atoms with E-state index in [1.54, 1.807) is 0 Å². The van der Waals surface area contributed by atoms with Crippen molar-refractivity contribution < 1.29 is 9.52 Å². The highest BCUT2D eigenvalue weighted by molar-refractivity contribution is 9.10. The third kappa shape index (κ3) is 3.93. The van der Waals surface area contributed by atoms with Gasteiger partial charge in [0.15, 0.2) is 0 Å². The molecule has 1 aliphatic heterocycles. The quantitative estimate of drug-likeness (QED) is 0.645. The summed E-state index contributed by atoms with van der Waals surface area (Å²) >= 11 is 3.52. The van der Waals surface area contributed by atoms with Crippen LogP contribution in [0.4, 0.5) is 5.69 Å². The number of anilines is 1. The summed E-state index contributed by atoms with van der Waals surface area (Å²) in [5.41, 5.74) is 3.12. The van der Waals surface area contributed by atoms with E-state index in [0.29, 0.717) is 17.7 Å². The van der Waals surface area contributed by atoms with E-state index in [4.69, 9.17) is 4.42 Å². The zero-order valence-electron chi connectivity index (χ0n) is 14.9. The van der Waals surface area contributed by atoms with Crippen molar-refractivity contribution in [2.24, 2.45) is 0 Å². The van der Waals surface area contributed by atoms with Gasteiger partial charge in [0.05, 0.1) is 12.2 Å². The van der Waals surface area contributed by atoms with Gasteiger partial charge < -0.3 is 14.4 Å². The molecule has 140 valence electrons. The number of piperazine rings is 1. The zero-order chi connectivity index (χ0) is 18.8. The summed E-state index contributed by atoms with van der Waals surface area (Å²) in [5, 5.41) is 10.3. The third-order valence-electron chi connectivity index (χ3n) is 5.05. The Morgan fingerprint density at radius 3 is 2.52 bits per heavy atom. The molecule has 0 saturated carbocycles. The molecule has 0 atom stereocenters. The molecule has 3 aromatic rings. The van der Waals surface area contributed by atoms with Crippen molar-refractivity contribution in [3.8, 4) is 0 Å². The first-order chi connectivity index (χ1) is 13.1.